The fourth-order valence-electron chi connectivity index (χ4n) is 3.42. The van der Waals surface area contributed by atoms with Gasteiger partial charge in [0.1, 0.15) is 0 Å². The van der Waals surface area contributed by atoms with Crippen molar-refractivity contribution < 1.29 is 8.42 Å². The zero-order valence-corrected chi connectivity index (χ0v) is 16.9. The van der Waals surface area contributed by atoms with Crippen molar-refractivity contribution in [2.24, 2.45) is 0 Å². The number of hydrogen-bond acceptors (Lipinski definition) is 4. The zero-order chi connectivity index (χ0) is 18.4. The predicted molar refractivity (Wildman–Crippen MR) is 103 cm³/mol. The number of nitrogens with zero attached hydrogens (tertiary/aromatic N) is 3. The van der Waals surface area contributed by atoms with Crippen LogP contribution in [-0.2, 0) is 16.4 Å². The molecule has 25 heavy (non-hydrogen) atoms. The Morgan fingerprint density at radius 3 is 2.36 bits per heavy atom. The van der Waals surface area contributed by atoms with Crippen molar-refractivity contribution in [1.29, 1.82) is 0 Å². The molecular weight excluding hydrogens is 334 g/mol. The summed E-state index contributed by atoms with van der Waals surface area (Å²) >= 11 is 0. The van der Waals surface area contributed by atoms with Crippen molar-refractivity contribution >= 4 is 10.0 Å². The summed E-state index contributed by atoms with van der Waals surface area (Å²) in [5.41, 5.74) is 1.16. The zero-order valence-electron chi connectivity index (χ0n) is 16.1. The highest BCUT2D eigenvalue weighted by molar-refractivity contribution is 7.89. The molecule has 1 unspecified atom stereocenters. The maximum Gasteiger partial charge on any atom is 0.243 e. The second-order valence-electron chi connectivity index (χ2n) is 7.09. The molecule has 0 radical (unpaired) electrons. The van der Waals surface area contributed by atoms with Gasteiger partial charge in [-0.15, -0.1) is 0 Å². The minimum atomic E-state index is -3.46. The average Bonchev–Trinajstić information content (AvgIpc) is 3.05. The van der Waals surface area contributed by atoms with E-state index < -0.39 is 10.0 Å². The fourth-order valence-corrected chi connectivity index (χ4v) is 4.89. The Balaban J connectivity index is 2.22. The maximum atomic E-state index is 13.2. The first-order valence-corrected chi connectivity index (χ1v) is 10.8. The normalized spacial score (nSPS) is 19.2. The van der Waals surface area contributed by atoms with E-state index in [0.29, 0.717) is 24.0 Å². The summed E-state index contributed by atoms with van der Waals surface area (Å²) in [6, 6.07) is 7.68. The van der Waals surface area contributed by atoms with Crippen LogP contribution >= 0.6 is 0 Å². The standard InChI is InChI=1S/C19H33N3O2S/c1-5-17-9-11-19(12-10-17)25(23,24)22(15-14-20(3)4)16-18-8-7-13-21(18)6-2/h9-12,18H,5-8,13-16H2,1-4H3. The van der Waals surface area contributed by atoms with E-state index in [1.165, 1.54) is 0 Å². The summed E-state index contributed by atoms with van der Waals surface area (Å²) < 4.78 is 28.1. The maximum absolute atomic E-state index is 13.2. The lowest BCUT2D eigenvalue weighted by atomic mass is 10.2. The number of rotatable bonds is 9. The van der Waals surface area contributed by atoms with Gasteiger partial charge in [-0.1, -0.05) is 26.0 Å². The Bertz CT molecular complexity index is 629. The Kier molecular flexibility index (Phi) is 7.43. The van der Waals surface area contributed by atoms with E-state index in [9.17, 15) is 8.42 Å². The van der Waals surface area contributed by atoms with Gasteiger partial charge in [0.15, 0.2) is 0 Å². The third-order valence-electron chi connectivity index (χ3n) is 5.09. The van der Waals surface area contributed by atoms with E-state index in [1.54, 1.807) is 16.4 Å². The third kappa shape index (κ3) is 5.26. The first-order chi connectivity index (χ1) is 11.9. The second kappa shape index (κ2) is 9.12. The Morgan fingerprint density at radius 2 is 1.80 bits per heavy atom. The topological polar surface area (TPSA) is 43.9 Å². The Hall–Kier alpha value is -0.950. The van der Waals surface area contributed by atoms with Crippen molar-refractivity contribution in [3.63, 3.8) is 0 Å². The Morgan fingerprint density at radius 1 is 1.12 bits per heavy atom. The van der Waals surface area contributed by atoms with E-state index in [2.05, 4.69) is 18.7 Å². The molecule has 142 valence electrons. The van der Waals surface area contributed by atoms with Gasteiger partial charge >= 0.3 is 0 Å². The number of hydrogen-bond donors (Lipinski definition) is 0. The molecule has 0 aromatic heterocycles. The van der Waals surface area contributed by atoms with Gasteiger partial charge in [-0.05, 0) is 64.1 Å². The molecule has 1 atom stereocenters. The lowest BCUT2D eigenvalue weighted by molar-refractivity contribution is 0.220. The van der Waals surface area contributed by atoms with Gasteiger partial charge in [-0.3, -0.25) is 4.90 Å². The number of benzene rings is 1. The van der Waals surface area contributed by atoms with Crippen LogP contribution in [0.5, 0.6) is 0 Å². The van der Waals surface area contributed by atoms with Crippen LogP contribution in [0.4, 0.5) is 0 Å². The van der Waals surface area contributed by atoms with E-state index in [0.717, 1.165) is 44.5 Å². The first-order valence-electron chi connectivity index (χ1n) is 9.36. The minimum absolute atomic E-state index is 0.330. The smallest absolute Gasteiger partial charge is 0.243 e. The first kappa shape index (κ1) is 20.4. The number of aryl methyl sites for hydroxylation is 1. The van der Waals surface area contributed by atoms with Crippen LogP contribution in [0.2, 0.25) is 0 Å². The van der Waals surface area contributed by atoms with E-state index in [1.807, 2.05) is 31.1 Å². The summed E-state index contributed by atoms with van der Waals surface area (Å²) in [7, 11) is 0.501. The van der Waals surface area contributed by atoms with E-state index >= 15 is 0 Å². The molecule has 1 aromatic carbocycles. The van der Waals surface area contributed by atoms with Crippen molar-refractivity contribution in [1.82, 2.24) is 14.1 Å². The molecule has 0 aliphatic carbocycles. The molecule has 1 fully saturated rings. The summed E-state index contributed by atoms with van der Waals surface area (Å²) in [6.45, 7) is 8.13. The van der Waals surface area contributed by atoms with Crippen LogP contribution in [0.1, 0.15) is 32.3 Å². The van der Waals surface area contributed by atoms with Crippen molar-refractivity contribution in [2.45, 2.75) is 44.0 Å². The van der Waals surface area contributed by atoms with Crippen LogP contribution in [0.25, 0.3) is 0 Å². The van der Waals surface area contributed by atoms with Gasteiger partial charge in [0.25, 0.3) is 0 Å². The monoisotopic (exact) mass is 367 g/mol. The third-order valence-corrected chi connectivity index (χ3v) is 6.96. The average molecular weight is 368 g/mol. The molecule has 6 heteroatoms. The van der Waals surface area contributed by atoms with Crippen LogP contribution < -0.4 is 0 Å². The molecule has 1 saturated heterocycles. The highest BCUT2D eigenvalue weighted by Gasteiger charge is 2.31. The fraction of sp³-hybridized carbons (Fsp3) is 0.684. The van der Waals surface area contributed by atoms with Crippen LogP contribution in [0, 0.1) is 0 Å². The van der Waals surface area contributed by atoms with E-state index in [4.69, 9.17) is 0 Å². The molecule has 1 aromatic rings. The SMILES string of the molecule is CCc1ccc(S(=O)(=O)N(CCN(C)C)CC2CCCN2CC)cc1. The minimum Gasteiger partial charge on any atom is -0.308 e. The van der Waals surface area contributed by atoms with Crippen LogP contribution in [0.3, 0.4) is 0 Å². The van der Waals surface area contributed by atoms with Crippen molar-refractivity contribution in [3.05, 3.63) is 29.8 Å². The molecule has 1 aliphatic rings. The highest BCUT2D eigenvalue weighted by atomic mass is 32.2. The summed E-state index contributed by atoms with van der Waals surface area (Å²) in [4.78, 5) is 4.84. The molecule has 1 heterocycles. The van der Waals surface area contributed by atoms with E-state index in [-0.39, 0.29) is 0 Å². The molecule has 0 amide bonds. The molecular formula is C19H33N3O2S. The lowest BCUT2D eigenvalue weighted by Gasteiger charge is -2.30. The van der Waals surface area contributed by atoms with Gasteiger partial charge in [-0.25, -0.2) is 8.42 Å². The molecule has 2 rings (SSSR count). The van der Waals surface area contributed by atoms with Gasteiger partial charge < -0.3 is 4.90 Å². The molecule has 5 nitrogen and oxygen atoms in total. The van der Waals surface area contributed by atoms with Crippen LogP contribution in [-0.4, -0.2) is 75.4 Å². The highest BCUT2D eigenvalue weighted by Crippen LogP contribution is 2.22. The Labute approximate surface area is 153 Å². The summed E-state index contributed by atoms with van der Waals surface area (Å²) in [6.07, 6.45) is 3.15. The van der Waals surface area contributed by atoms with Gasteiger partial charge in [0.05, 0.1) is 4.90 Å². The van der Waals surface area contributed by atoms with Crippen molar-refractivity contribution in [2.75, 3.05) is 46.8 Å². The van der Waals surface area contributed by atoms with Crippen LogP contribution in [0.15, 0.2) is 29.2 Å². The van der Waals surface area contributed by atoms with Gasteiger partial charge in [-0.2, -0.15) is 4.31 Å². The van der Waals surface area contributed by atoms with Gasteiger partial charge in [0.2, 0.25) is 10.0 Å². The van der Waals surface area contributed by atoms with Gasteiger partial charge in [0, 0.05) is 25.7 Å². The van der Waals surface area contributed by atoms with Crippen molar-refractivity contribution in [3.8, 4) is 0 Å². The number of likely N-dealkylation sites (N-methyl/N-ethyl adjacent to an activating group) is 2. The summed E-state index contributed by atoms with van der Waals surface area (Å²) in [5.74, 6) is 0. The lowest BCUT2D eigenvalue weighted by Crippen LogP contribution is -2.45. The molecule has 0 saturated carbocycles. The second-order valence-corrected chi connectivity index (χ2v) is 9.03. The molecule has 0 bridgehead atoms. The largest absolute Gasteiger partial charge is 0.308 e. The predicted octanol–water partition coefficient (Wildman–Crippen LogP) is 2.29. The number of likely N-dealkylation sites (tertiary alicyclic amines) is 1. The quantitative estimate of drug-likeness (QED) is 0.672. The molecule has 0 N–H and O–H groups in total. The number of sulfonamides is 1. The summed E-state index contributed by atoms with van der Waals surface area (Å²) in [5, 5.41) is 0. The molecule has 0 spiro atoms. The molecule has 1 aliphatic heterocycles.